The second kappa shape index (κ2) is 17.2. The molecule has 0 bridgehead atoms. The molecule has 1 saturated carbocycles. The number of piperidine rings is 1. The number of imide groups is 1. The summed E-state index contributed by atoms with van der Waals surface area (Å²) >= 11 is 0. The number of methoxy groups -OCH3 is 1. The Morgan fingerprint density at radius 2 is 1.88 bits per heavy atom. The van der Waals surface area contributed by atoms with E-state index in [1.54, 1.807) is 56.0 Å². The summed E-state index contributed by atoms with van der Waals surface area (Å²) in [6.45, 7) is 2.81. The van der Waals surface area contributed by atoms with E-state index in [0.717, 1.165) is 36.6 Å². The third-order valence-electron chi connectivity index (χ3n) is 11.4. The van der Waals surface area contributed by atoms with Crippen molar-refractivity contribution in [3.05, 3.63) is 71.4 Å². The largest absolute Gasteiger partial charge is 0.495 e. The Kier molecular flexibility index (Phi) is 11.5. The number of benzene rings is 2. The van der Waals surface area contributed by atoms with Crippen LogP contribution in [0.2, 0.25) is 0 Å². The van der Waals surface area contributed by atoms with Gasteiger partial charge >= 0.3 is 0 Å². The van der Waals surface area contributed by atoms with Gasteiger partial charge in [-0.25, -0.2) is 4.98 Å². The van der Waals surface area contributed by atoms with Crippen LogP contribution in [0.25, 0.3) is 5.69 Å². The van der Waals surface area contributed by atoms with E-state index < -0.39 is 11.9 Å². The number of amides is 5. The minimum absolute atomic E-state index is 0.0580. The van der Waals surface area contributed by atoms with Crippen molar-refractivity contribution in [3.63, 3.8) is 0 Å². The fourth-order valence-corrected chi connectivity index (χ4v) is 8.45. The van der Waals surface area contributed by atoms with Crippen LogP contribution in [0.5, 0.6) is 5.75 Å². The van der Waals surface area contributed by atoms with Crippen LogP contribution < -0.4 is 30.9 Å². The molecule has 2 aromatic carbocycles. The lowest BCUT2D eigenvalue weighted by Gasteiger charge is -2.40. The molecule has 59 heavy (non-hydrogen) atoms. The zero-order chi connectivity index (χ0) is 41.0. The number of hydrogen-bond acceptors (Lipinski definition) is 13. The third-order valence-corrected chi connectivity index (χ3v) is 11.4. The lowest BCUT2D eigenvalue weighted by Crippen LogP contribution is -2.52. The van der Waals surface area contributed by atoms with Crippen molar-refractivity contribution in [2.24, 2.45) is 0 Å². The lowest BCUT2D eigenvalue weighted by molar-refractivity contribution is -0.137. The summed E-state index contributed by atoms with van der Waals surface area (Å²) in [4.78, 5) is 76.3. The monoisotopic (exact) mass is 805 g/mol. The van der Waals surface area contributed by atoms with Gasteiger partial charge in [0.15, 0.2) is 11.6 Å². The molecule has 4 aromatic rings. The Hall–Kier alpha value is -6.43. The molecule has 1 unspecified atom stereocenters. The van der Waals surface area contributed by atoms with E-state index in [0.29, 0.717) is 71.8 Å². The molecule has 0 radical (unpaired) electrons. The zero-order valence-electron chi connectivity index (χ0n) is 33.0. The standard InChI is InChI=1S/C41H47N11O7/c1-3-30-37-49-44-23-51(37)32-20-43-41(48-36(32)52(30)25-9-4-5-10-25)46-29-14-13-24(19-33(29)58-2)38(55)42-17-6-7-18-59-22-35(54)45-28-12-8-11-26-27(28)21-50(40(26)57)31-15-16-34(53)47-39(31)56/h8,11-14,19-20,23,25,30-31H,3-7,9-10,15-18,21-22H2,1-2H3,(H,42,55)(H,45,54)(H,43,46,48)(H,47,53,56)/t30-,31?/m1/s1. The minimum Gasteiger partial charge on any atom is -0.495 e. The topological polar surface area (TPSA) is 215 Å². The third kappa shape index (κ3) is 8.04. The number of ether oxygens (including phenoxy) is 2. The number of unbranched alkanes of at least 4 members (excludes halogenated alkanes) is 1. The van der Waals surface area contributed by atoms with Gasteiger partial charge in [-0.3, -0.25) is 33.9 Å². The van der Waals surface area contributed by atoms with Crippen LogP contribution in [0.1, 0.15) is 103 Å². The summed E-state index contributed by atoms with van der Waals surface area (Å²) < 4.78 is 13.2. The number of fused-ring (bicyclic) bond motifs is 4. The van der Waals surface area contributed by atoms with E-state index in [1.807, 2.05) is 4.57 Å². The first-order valence-electron chi connectivity index (χ1n) is 20.2. The molecule has 1 saturated heterocycles. The summed E-state index contributed by atoms with van der Waals surface area (Å²) in [6.07, 6.45) is 10.6. The van der Waals surface area contributed by atoms with Gasteiger partial charge in [-0.2, -0.15) is 4.98 Å². The molecule has 2 aromatic heterocycles. The average molecular weight is 806 g/mol. The summed E-state index contributed by atoms with van der Waals surface area (Å²) in [7, 11) is 1.54. The molecule has 0 spiro atoms. The van der Waals surface area contributed by atoms with E-state index in [2.05, 4.69) is 48.3 Å². The summed E-state index contributed by atoms with van der Waals surface area (Å²) in [5, 5.41) is 20.0. The SMILES string of the molecule is CC[C@@H]1c2nncn2-c2cnc(Nc3ccc(C(=O)NCCCCOCC(=O)Nc4cccc5c4CN(C4CCC(=O)NC4=O)C5=O)cc3OC)nc2N1C1CCCC1. The smallest absolute Gasteiger partial charge is 0.255 e. The highest BCUT2D eigenvalue weighted by Gasteiger charge is 2.41. The second-order valence-corrected chi connectivity index (χ2v) is 15.1. The molecule has 308 valence electrons. The maximum absolute atomic E-state index is 13.1. The Labute approximate surface area is 340 Å². The first kappa shape index (κ1) is 39.4. The van der Waals surface area contributed by atoms with Crippen molar-refractivity contribution in [3.8, 4) is 11.4 Å². The van der Waals surface area contributed by atoms with Gasteiger partial charge in [-0.05, 0) is 68.9 Å². The molecule has 18 heteroatoms. The van der Waals surface area contributed by atoms with Crippen molar-refractivity contribution in [1.29, 1.82) is 0 Å². The van der Waals surface area contributed by atoms with Gasteiger partial charge in [0.05, 0.1) is 25.0 Å². The number of anilines is 4. The fraction of sp³-hybridized carbons (Fsp3) is 0.439. The molecule has 4 aliphatic rings. The van der Waals surface area contributed by atoms with Gasteiger partial charge in [0.1, 0.15) is 30.4 Å². The highest BCUT2D eigenvalue weighted by molar-refractivity contribution is 6.07. The molecule has 1 aliphatic carbocycles. The first-order valence-corrected chi connectivity index (χ1v) is 20.2. The summed E-state index contributed by atoms with van der Waals surface area (Å²) in [5.74, 6) is 0.805. The molecule has 4 N–H and O–H groups in total. The van der Waals surface area contributed by atoms with Crippen molar-refractivity contribution < 1.29 is 33.4 Å². The van der Waals surface area contributed by atoms with Gasteiger partial charge in [-0.1, -0.05) is 25.8 Å². The van der Waals surface area contributed by atoms with E-state index in [4.69, 9.17) is 14.5 Å². The molecule has 3 aliphatic heterocycles. The van der Waals surface area contributed by atoms with Gasteiger partial charge in [0, 0.05) is 54.5 Å². The number of aromatic nitrogens is 5. The lowest BCUT2D eigenvalue weighted by atomic mass is 10.0. The van der Waals surface area contributed by atoms with E-state index in [-0.39, 0.29) is 55.7 Å². The highest BCUT2D eigenvalue weighted by atomic mass is 16.5. The van der Waals surface area contributed by atoms with Crippen LogP contribution in [0, 0.1) is 0 Å². The Morgan fingerprint density at radius 3 is 2.68 bits per heavy atom. The van der Waals surface area contributed by atoms with Crippen LogP contribution >= 0.6 is 0 Å². The number of carbonyl (C=O) groups is 5. The molecular formula is C41H47N11O7. The fourth-order valence-electron chi connectivity index (χ4n) is 8.45. The van der Waals surface area contributed by atoms with Crippen LogP contribution in [0.3, 0.4) is 0 Å². The zero-order valence-corrected chi connectivity index (χ0v) is 33.0. The number of rotatable bonds is 15. The normalized spacial score (nSPS) is 18.6. The first-order chi connectivity index (χ1) is 28.7. The van der Waals surface area contributed by atoms with Gasteiger partial charge in [0.25, 0.3) is 11.8 Å². The molecule has 5 heterocycles. The average Bonchev–Trinajstić information content (AvgIpc) is 4.02. The molecule has 2 fully saturated rings. The van der Waals surface area contributed by atoms with Gasteiger partial charge in [-0.15, -0.1) is 10.2 Å². The van der Waals surface area contributed by atoms with Gasteiger partial charge in [0.2, 0.25) is 23.7 Å². The molecule has 5 amide bonds. The van der Waals surface area contributed by atoms with E-state index in [1.165, 1.54) is 17.7 Å². The number of carbonyl (C=O) groups excluding carboxylic acids is 5. The number of nitrogens with zero attached hydrogens (tertiary/aromatic N) is 7. The predicted octanol–water partition coefficient (Wildman–Crippen LogP) is 3.95. The second-order valence-electron chi connectivity index (χ2n) is 15.1. The molecule has 8 rings (SSSR count). The quantitative estimate of drug-likeness (QED) is 0.0991. The van der Waals surface area contributed by atoms with E-state index >= 15 is 0 Å². The maximum Gasteiger partial charge on any atom is 0.255 e. The van der Waals surface area contributed by atoms with Crippen molar-refractivity contribution in [2.45, 2.75) is 89.4 Å². The number of nitrogens with one attached hydrogen (secondary N) is 4. The molecule has 2 atom stereocenters. The summed E-state index contributed by atoms with van der Waals surface area (Å²) in [6, 6.07) is 9.85. The Balaban J connectivity index is 0.797. The van der Waals surface area contributed by atoms with Crippen LogP contribution in [-0.4, -0.2) is 98.1 Å². The Bertz CT molecular complexity index is 2270. The Morgan fingerprint density at radius 1 is 1.03 bits per heavy atom. The summed E-state index contributed by atoms with van der Waals surface area (Å²) in [5.41, 5.74) is 3.38. The maximum atomic E-state index is 13.1. The van der Waals surface area contributed by atoms with Crippen molar-refractivity contribution in [2.75, 3.05) is 42.4 Å². The van der Waals surface area contributed by atoms with Crippen LogP contribution in [0.15, 0.2) is 48.9 Å². The molecular weight excluding hydrogens is 759 g/mol. The van der Waals surface area contributed by atoms with E-state index in [9.17, 15) is 24.0 Å². The number of hydrogen-bond donors (Lipinski definition) is 4. The molecule has 18 nitrogen and oxygen atoms in total. The van der Waals surface area contributed by atoms with Crippen LogP contribution in [-0.2, 0) is 25.7 Å². The minimum atomic E-state index is -0.745. The predicted molar refractivity (Wildman–Crippen MR) is 214 cm³/mol. The van der Waals surface area contributed by atoms with Crippen molar-refractivity contribution >= 4 is 52.7 Å². The van der Waals surface area contributed by atoms with Gasteiger partial charge < -0.3 is 35.2 Å². The van der Waals surface area contributed by atoms with Crippen LogP contribution in [0.4, 0.5) is 23.1 Å². The van der Waals surface area contributed by atoms with Crippen molar-refractivity contribution in [1.82, 2.24) is 40.3 Å². The highest BCUT2D eigenvalue weighted by Crippen LogP contribution is 2.43.